The van der Waals surface area contributed by atoms with E-state index >= 15 is 0 Å². The first-order valence-corrected chi connectivity index (χ1v) is 10.3. The molecule has 0 amide bonds. The van der Waals surface area contributed by atoms with E-state index in [-0.39, 0.29) is 12.6 Å². The number of hydrogen-bond acceptors (Lipinski definition) is 3. The minimum atomic E-state index is -3.52. The second-order valence-corrected chi connectivity index (χ2v) is 8.34. The van der Waals surface area contributed by atoms with E-state index in [1.165, 1.54) is 0 Å². The molecule has 1 atom stereocenters. The third-order valence-electron chi connectivity index (χ3n) is 4.02. The third-order valence-corrected chi connectivity index (χ3v) is 5.62. The van der Waals surface area contributed by atoms with Crippen molar-refractivity contribution in [2.75, 3.05) is 19.6 Å². The Morgan fingerprint density at radius 3 is 2.48 bits per heavy atom. The van der Waals surface area contributed by atoms with Crippen molar-refractivity contribution in [3.8, 4) is 0 Å². The Morgan fingerprint density at radius 1 is 1.20 bits per heavy atom. The Morgan fingerprint density at radius 2 is 1.88 bits per heavy atom. The van der Waals surface area contributed by atoms with Gasteiger partial charge in [0.05, 0.1) is 11.4 Å². The number of benzene rings is 1. The Hall–Kier alpha value is -1.60. The molecule has 25 heavy (non-hydrogen) atoms. The Balaban J connectivity index is 2.68. The van der Waals surface area contributed by atoms with Crippen molar-refractivity contribution in [1.82, 2.24) is 15.4 Å². The predicted octanol–water partition coefficient (Wildman–Crippen LogP) is 2.18. The standard InChI is InChI=1S/C18H32N4O2S/c1-7-19-18(22-16(6)13(2)3)20-10-11-21-25(23,24)17-12-14(4)8-9-15(17)5/h8-9,12-13,16,21H,7,10-11H2,1-6H3,(H2,19,20,22). The van der Waals surface area contributed by atoms with Crippen LogP contribution in [0.2, 0.25) is 0 Å². The molecule has 6 nitrogen and oxygen atoms in total. The van der Waals surface area contributed by atoms with E-state index in [4.69, 9.17) is 0 Å². The monoisotopic (exact) mass is 368 g/mol. The fourth-order valence-electron chi connectivity index (χ4n) is 2.12. The first kappa shape index (κ1) is 21.4. The highest BCUT2D eigenvalue weighted by atomic mass is 32.2. The second-order valence-electron chi connectivity index (χ2n) is 6.60. The lowest BCUT2D eigenvalue weighted by atomic mass is 10.1. The SMILES string of the molecule is CCNC(=NCCNS(=O)(=O)c1cc(C)ccc1C)NC(C)C(C)C. The van der Waals surface area contributed by atoms with E-state index in [0.717, 1.165) is 17.7 Å². The van der Waals surface area contributed by atoms with Crippen molar-refractivity contribution < 1.29 is 8.42 Å². The molecule has 0 heterocycles. The van der Waals surface area contributed by atoms with Crippen LogP contribution in [0.5, 0.6) is 0 Å². The minimum absolute atomic E-state index is 0.252. The molecule has 0 aromatic heterocycles. The van der Waals surface area contributed by atoms with E-state index in [0.29, 0.717) is 23.3 Å². The molecule has 0 fully saturated rings. The van der Waals surface area contributed by atoms with Crippen molar-refractivity contribution in [3.63, 3.8) is 0 Å². The molecule has 0 aliphatic heterocycles. The van der Waals surface area contributed by atoms with Gasteiger partial charge in [-0.2, -0.15) is 0 Å². The fraction of sp³-hybridized carbons (Fsp3) is 0.611. The maximum absolute atomic E-state index is 12.5. The quantitative estimate of drug-likeness (QED) is 0.373. The largest absolute Gasteiger partial charge is 0.357 e. The summed E-state index contributed by atoms with van der Waals surface area (Å²) in [6.45, 7) is 13.4. The summed E-state index contributed by atoms with van der Waals surface area (Å²) < 4.78 is 27.5. The molecule has 1 aromatic carbocycles. The van der Waals surface area contributed by atoms with Crippen LogP contribution in [0.1, 0.15) is 38.8 Å². The van der Waals surface area contributed by atoms with Crippen LogP contribution >= 0.6 is 0 Å². The van der Waals surface area contributed by atoms with E-state index in [1.807, 2.05) is 26.0 Å². The summed E-state index contributed by atoms with van der Waals surface area (Å²) in [7, 11) is -3.52. The summed E-state index contributed by atoms with van der Waals surface area (Å²) in [5.74, 6) is 1.18. The topological polar surface area (TPSA) is 82.6 Å². The summed E-state index contributed by atoms with van der Waals surface area (Å²) in [6.07, 6.45) is 0. The molecule has 7 heteroatoms. The molecular weight excluding hydrogens is 336 g/mol. The number of aryl methyl sites for hydroxylation is 2. The minimum Gasteiger partial charge on any atom is -0.357 e. The van der Waals surface area contributed by atoms with E-state index in [1.54, 1.807) is 13.0 Å². The highest BCUT2D eigenvalue weighted by Crippen LogP contribution is 2.16. The summed E-state index contributed by atoms with van der Waals surface area (Å²) in [5, 5.41) is 6.50. The average Bonchev–Trinajstić information content (AvgIpc) is 2.53. The van der Waals surface area contributed by atoms with Crippen LogP contribution in [0.4, 0.5) is 0 Å². The van der Waals surface area contributed by atoms with Gasteiger partial charge in [0.25, 0.3) is 0 Å². The van der Waals surface area contributed by atoms with Crippen LogP contribution in [-0.2, 0) is 10.0 Å². The number of nitrogens with one attached hydrogen (secondary N) is 3. The molecule has 0 bridgehead atoms. The van der Waals surface area contributed by atoms with Gasteiger partial charge in [-0.05, 0) is 50.8 Å². The van der Waals surface area contributed by atoms with Gasteiger partial charge in [-0.25, -0.2) is 13.1 Å². The molecule has 3 N–H and O–H groups in total. The Kier molecular flexibility index (Phi) is 8.38. The molecule has 0 spiro atoms. The molecule has 1 rings (SSSR count). The third kappa shape index (κ3) is 7.04. The first-order valence-electron chi connectivity index (χ1n) is 8.79. The molecule has 1 unspecified atom stereocenters. The summed E-state index contributed by atoms with van der Waals surface area (Å²) in [6, 6.07) is 5.70. The maximum atomic E-state index is 12.5. The van der Waals surface area contributed by atoms with Crippen LogP contribution in [0.3, 0.4) is 0 Å². The molecule has 0 aliphatic rings. The molecule has 0 saturated carbocycles. The zero-order valence-electron chi connectivity index (χ0n) is 16.2. The summed E-state index contributed by atoms with van der Waals surface area (Å²) in [5.41, 5.74) is 1.66. The van der Waals surface area contributed by atoms with E-state index in [9.17, 15) is 8.42 Å². The highest BCUT2D eigenvalue weighted by Gasteiger charge is 2.16. The van der Waals surface area contributed by atoms with Crippen LogP contribution in [0.15, 0.2) is 28.1 Å². The highest BCUT2D eigenvalue weighted by molar-refractivity contribution is 7.89. The molecule has 142 valence electrons. The maximum Gasteiger partial charge on any atom is 0.240 e. The van der Waals surface area contributed by atoms with Crippen LogP contribution in [0, 0.1) is 19.8 Å². The van der Waals surface area contributed by atoms with Crippen molar-refractivity contribution in [1.29, 1.82) is 0 Å². The number of sulfonamides is 1. The predicted molar refractivity (Wildman–Crippen MR) is 105 cm³/mol. The fourth-order valence-corrected chi connectivity index (χ4v) is 3.47. The molecular formula is C18H32N4O2S. The Bertz CT molecular complexity index is 684. The number of aliphatic imine (C=N–C) groups is 1. The number of rotatable bonds is 8. The van der Waals surface area contributed by atoms with Gasteiger partial charge in [0, 0.05) is 19.1 Å². The summed E-state index contributed by atoms with van der Waals surface area (Å²) >= 11 is 0. The lowest BCUT2D eigenvalue weighted by Gasteiger charge is -2.20. The number of nitrogens with zero attached hydrogens (tertiary/aromatic N) is 1. The van der Waals surface area contributed by atoms with Crippen LogP contribution in [-0.4, -0.2) is 40.1 Å². The van der Waals surface area contributed by atoms with Gasteiger partial charge < -0.3 is 10.6 Å². The van der Waals surface area contributed by atoms with Gasteiger partial charge in [-0.1, -0.05) is 26.0 Å². The van der Waals surface area contributed by atoms with Crippen molar-refractivity contribution in [2.24, 2.45) is 10.9 Å². The van der Waals surface area contributed by atoms with Crippen molar-refractivity contribution in [3.05, 3.63) is 29.3 Å². The van der Waals surface area contributed by atoms with Crippen LogP contribution < -0.4 is 15.4 Å². The molecule has 0 radical (unpaired) electrons. The van der Waals surface area contributed by atoms with Crippen LogP contribution in [0.25, 0.3) is 0 Å². The first-order chi connectivity index (χ1) is 11.7. The van der Waals surface area contributed by atoms with Gasteiger partial charge in [0.1, 0.15) is 0 Å². The van der Waals surface area contributed by atoms with Crippen molar-refractivity contribution >= 4 is 16.0 Å². The second kappa shape index (κ2) is 9.77. The number of guanidine groups is 1. The normalized spacial score (nSPS) is 13.8. The van der Waals surface area contributed by atoms with Gasteiger partial charge in [-0.3, -0.25) is 4.99 Å². The van der Waals surface area contributed by atoms with Gasteiger partial charge in [0.2, 0.25) is 10.0 Å². The van der Waals surface area contributed by atoms with Gasteiger partial charge >= 0.3 is 0 Å². The molecule has 0 saturated heterocycles. The van der Waals surface area contributed by atoms with E-state index in [2.05, 4.69) is 41.1 Å². The summed E-state index contributed by atoms with van der Waals surface area (Å²) in [4.78, 5) is 4.77. The molecule has 1 aromatic rings. The van der Waals surface area contributed by atoms with Gasteiger partial charge in [-0.15, -0.1) is 0 Å². The lowest BCUT2D eigenvalue weighted by Crippen LogP contribution is -2.44. The zero-order chi connectivity index (χ0) is 19.0. The van der Waals surface area contributed by atoms with Gasteiger partial charge in [0.15, 0.2) is 5.96 Å². The Labute approximate surface area is 152 Å². The zero-order valence-corrected chi connectivity index (χ0v) is 17.0. The lowest BCUT2D eigenvalue weighted by molar-refractivity contribution is 0.481. The van der Waals surface area contributed by atoms with Crippen molar-refractivity contribution in [2.45, 2.75) is 52.5 Å². The smallest absolute Gasteiger partial charge is 0.240 e. The molecule has 0 aliphatic carbocycles. The van der Waals surface area contributed by atoms with E-state index < -0.39 is 10.0 Å². The number of hydrogen-bond donors (Lipinski definition) is 3. The average molecular weight is 369 g/mol.